The molecule has 7 heteroatoms. The summed E-state index contributed by atoms with van der Waals surface area (Å²) in [5, 5.41) is 19.6. The van der Waals surface area contributed by atoms with Gasteiger partial charge in [0.25, 0.3) is 0 Å². The van der Waals surface area contributed by atoms with Gasteiger partial charge in [0.15, 0.2) is 12.4 Å². The molecule has 7 nitrogen and oxygen atoms in total. The first-order valence-electron chi connectivity index (χ1n) is 8.34. The molecule has 2 N–H and O–H groups in total. The quantitative estimate of drug-likeness (QED) is 0.613. The van der Waals surface area contributed by atoms with E-state index in [1.165, 1.54) is 0 Å². The lowest BCUT2D eigenvalue weighted by Crippen LogP contribution is -2.52. The molecule has 1 aliphatic rings. The molecule has 0 bridgehead atoms. The molecule has 0 unspecified atom stereocenters. The van der Waals surface area contributed by atoms with Crippen molar-refractivity contribution in [1.82, 2.24) is 0 Å². The molecule has 0 aromatic rings. The fourth-order valence-electron chi connectivity index (χ4n) is 2.31. The van der Waals surface area contributed by atoms with Gasteiger partial charge in [0, 0.05) is 19.3 Å². The van der Waals surface area contributed by atoms with E-state index >= 15 is 0 Å². The Labute approximate surface area is 136 Å². The number of esters is 2. The van der Waals surface area contributed by atoms with Gasteiger partial charge in [0.1, 0.15) is 12.7 Å². The number of rotatable bonds is 9. The van der Waals surface area contributed by atoms with Crippen LogP contribution in [0.2, 0.25) is 0 Å². The SMILES string of the molecule is CCCCC(=O)OC[C@H]1O[C@H](O)C[C@@H](O)[C@@H]1OC(=O)CCCC. The standard InChI is InChI=1S/C16H28O7/c1-3-5-7-13(18)21-10-12-16(11(17)9-15(20)22-12)23-14(19)8-6-4-2/h11-12,15-17,20H,3-10H2,1-2H3/t11-,12-,15+,16+/m1/s1. The summed E-state index contributed by atoms with van der Waals surface area (Å²) in [5.41, 5.74) is 0. The van der Waals surface area contributed by atoms with Crippen molar-refractivity contribution in [2.45, 2.75) is 83.4 Å². The zero-order valence-electron chi connectivity index (χ0n) is 13.9. The van der Waals surface area contributed by atoms with Crippen LogP contribution < -0.4 is 0 Å². The van der Waals surface area contributed by atoms with E-state index in [2.05, 4.69) is 0 Å². The topological polar surface area (TPSA) is 102 Å². The Bertz CT molecular complexity index is 371. The summed E-state index contributed by atoms with van der Waals surface area (Å²) in [6.45, 7) is 3.76. The normalized spacial score (nSPS) is 27.5. The smallest absolute Gasteiger partial charge is 0.306 e. The van der Waals surface area contributed by atoms with E-state index in [0.29, 0.717) is 12.8 Å². The van der Waals surface area contributed by atoms with Crippen molar-refractivity contribution in [1.29, 1.82) is 0 Å². The van der Waals surface area contributed by atoms with Gasteiger partial charge in [-0.25, -0.2) is 0 Å². The van der Waals surface area contributed by atoms with E-state index in [1.807, 2.05) is 13.8 Å². The van der Waals surface area contributed by atoms with Crippen LogP contribution in [0.4, 0.5) is 0 Å². The second-order valence-corrected chi connectivity index (χ2v) is 5.78. The lowest BCUT2D eigenvalue weighted by Gasteiger charge is -2.36. The fraction of sp³-hybridized carbons (Fsp3) is 0.875. The molecule has 1 heterocycles. The van der Waals surface area contributed by atoms with Crippen LogP contribution in [0.3, 0.4) is 0 Å². The molecule has 1 aliphatic heterocycles. The van der Waals surface area contributed by atoms with Crippen LogP contribution in [0.1, 0.15) is 58.8 Å². The number of unbranched alkanes of at least 4 members (excludes halogenated alkanes) is 2. The summed E-state index contributed by atoms with van der Waals surface area (Å²) in [7, 11) is 0. The average molecular weight is 332 g/mol. The first kappa shape index (κ1) is 19.9. The molecule has 23 heavy (non-hydrogen) atoms. The fourth-order valence-corrected chi connectivity index (χ4v) is 2.31. The monoisotopic (exact) mass is 332 g/mol. The zero-order chi connectivity index (χ0) is 17.2. The van der Waals surface area contributed by atoms with E-state index in [9.17, 15) is 19.8 Å². The van der Waals surface area contributed by atoms with E-state index in [-0.39, 0.29) is 25.4 Å². The highest BCUT2D eigenvalue weighted by molar-refractivity contribution is 5.70. The third-order valence-corrected chi connectivity index (χ3v) is 3.67. The molecule has 0 aromatic carbocycles. The van der Waals surface area contributed by atoms with Gasteiger partial charge < -0.3 is 24.4 Å². The average Bonchev–Trinajstić information content (AvgIpc) is 2.51. The number of hydrogen-bond donors (Lipinski definition) is 2. The number of ether oxygens (including phenoxy) is 3. The van der Waals surface area contributed by atoms with Gasteiger partial charge in [-0.15, -0.1) is 0 Å². The van der Waals surface area contributed by atoms with Crippen molar-refractivity contribution in [3.8, 4) is 0 Å². The third-order valence-electron chi connectivity index (χ3n) is 3.67. The maximum atomic E-state index is 11.8. The molecule has 0 aromatic heterocycles. The highest BCUT2D eigenvalue weighted by Crippen LogP contribution is 2.23. The summed E-state index contributed by atoms with van der Waals surface area (Å²) >= 11 is 0. The Hall–Kier alpha value is -1.18. The van der Waals surface area contributed by atoms with E-state index in [1.54, 1.807) is 0 Å². The summed E-state index contributed by atoms with van der Waals surface area (Å²) in [5.74, 6) is -0.806. The van der Waals surface area contributed by atoms with Crippen LogP contribution in [-0.4, -0.2) is 53.4 Å². The molecule has 0 radical (unpaired) electrons. The first-order chi connectivity index (χ1) is 11.0. The van der Waals surface area contributed by atoms with Gasteiger partial charge in [-0.3, -0.25) is 9.59 Å². The molecule has 0 spiro atoms. The molecular weight excluding hydrogens is 304 g/mol. The lowest BCUT2D eigenvalue weighted by atomic mass is 10.0. The molecule has 1 saturated heterocycles. The number of carbonyl (C=O) groups excluding carboxylic acids is 2. The van der Waals surface area contributed by atoms with Crippen molar-refractivity contribution in [3.63, 3.8) is 0 Å². The predicted octanol–water partition coefficient (Wildman–Crippen LogP) is 1.29. The molecule has 1 fully saturated rings. The van der Waals surface area contributed by atoms with E-state index in [0.717, 1.165) is 19.3 Å². The molecule has 0 amide bonds. The number of hydrogen-bond acceptors (Lipinski definition) is 7. The highest BCUT2D eigenvalue weighted by Gasteiger charge is 2.40. The van der Waals surface area contributed by atoms with Gasteiger partial charge in [0.2, 0.25) is 0 Å². The minimum Gasteiger partial charge on any atom is -0.463 e. The van der Waals surface area contributed by atoms with Crippen LogP contribution in [0, 0.1) is 0 Å². The van der Waals surface area contributed by atoms with Gasteiger partial charge in [-0.1, -0.05) is 26.7 Å². The Balaban J connectivity index is 2.55. The number of aliphatic hydroxyl groups excluding tert-OH is 2. The Morgan fingerprint density at radius 1 is 1.09 bits per heavy atom. The third kappa shape index (κ3) is 7.28. The summed E-state index contributed by atoms with van der Waals surface area (Å²) in [4.78, 5) is 23.3. The Morgan fingerprint density at radius 3 is 2.30 bits per heavy atom. The van der Waals surface area contributed by atoms with Crippen LogP contribution in [0.25, 0.3) is 0 Å². The van der Waals surface area contributed by atoms with E-state index < -0.39 is 30.6 Å². The highest BCUT2D eigenvalue weighted by atomic mass is 16.7. The van der Waals surface area contributed by atoms with Gasteiger partial charge in [-0.2, -0.15) is 0 Å². The second kappa shape index (κ2) is 10.6. The predicted molar refractivity (Wildman–Crippen MR) is 81.4 cm³/mol. The van der Waals surface area contributed by atoms with Crippen molar-refractivity contribution >= 4 is 11.9 Å². The minimum absolute atomic E-state index is 0.0496. The summed E-state index contributed by atoms with van der Waals surface area (Å²) in [6.07, 6.45) is -0.371. The molecular formula is C16H28O7. The molecule has 134 valence electrons. The van der Waals surface area contributed by atoms with Crippen LogP contribution >= 0.6 is 0 Å². The van der Waals surface area contributed by atoms with Crippen molar-refractivity contribution in [2.75, 3.05) is 6.61 Å². The lowest BCUT2D eigenvalue weighted by molar-refractivity contribution is -0.249. The van der Waals surface area contributed by atoms with Crippen LogP contribution in [-0.2, 0) is 23.8 Å². The van der Waals surface area contributed by atoms with Crippen LogP contribution in [0.15, 0.2) is 0 Å². The van der Waals surface area contributed by atoms with Crippen molar-refractivity contribution in [2.24, 2.45) is 0 Å². The maximum Gasteiger partial charge on any atom is 0.306 e. The molecule has 4 atom stereocenters. The molecule has 0 saturated carbocycles. The minimum atomic E-state index is -1.17. The van der Waals surface area contributed by atoms with E-state index in [4.69, 9.17) is 14.2 Å². The Kier molecular flexibility index (Phi) is 9.13. The Morgan fingerprint density at radius 2 is 1.70 bits per heavy atom. The zero-order valence-corrected chi connectivity index (χ0v) is 13.9. The van der Waals surface area contributed by atoms with Gasteiger partial charge in [0.05, 0.1) is 6.10 Å². The van der Waals surface area contributed by atoms with Gasteiger partial charge in [-0.05, 0) is 12.8 Å². The number of carbonyl (C=O) groups is 2. The summed E-state index contributed by atoms with van der Waals surface area (Å²) in [6, 6.07) is 0. The number of aliphatic hydroxyl groups is 2. The first-order valence-corrected chi connectivity index (χ1v) is 8.34. The van der Waals surface area contributed by atoms with Crippen molar-refractivity contribution in [3.05, 3.63) is 0 Å². The maximum absolute atomic E-state index is 11.8. The largest absolute Gasteiger partial charge is 0.463 e. The van der Waals surface area contributed by atoms with Crippen LogP contribution in [0.5, 0.6) is 0 Å². The summed E-state index contributed by atoms with van der Waals surface area (Å²) < 4.78 is 15.6. The van der Waals surface area contributed by atoms with Gasteiger partial charge >= 0.3 is 11.9 Å². The second-order valence-electron chi connectivity index (χ2n) is 5.78. The molecule has 0 aliphatic carbocycles. The van der Waals surface area contributed by atoms with Crippen molar-refractivity contribution < 1.29 is 34.0 Å². The molecule has 1 rings (SSSR count).